The Kier molecular flexibility index (Phi) is 5.15. The standard InChI is InChI=1S/C15H21N5O3/c1-5-12-13(10(3)18-23-12)17-14(21)15(22)19(4)8-11-7-16-20(6-2)9-11/h7,9H,5-6,8H2,1-4H3,(H,17,21). The summed E-state index contributed by atoms with van der Waals surface area (Å²) in [6.07, 6.45) is 4.11. The number of hydrogen-bond acceptors (Lipinski definition) is 5. The number of carbonyl (C=O) groups is 2. The summed E-state index contributed by atoms with van der Waals surface area (Å²) in [4.78, 5) is 25.7. The molecule has 0 atom stereocenters. The Bertz CT molecular complexity index is 704. The highest BCUT2D eigenvalue weighted by Gasteiger charge is 2.22. The van der Waals surface area contributed by atoms with Crippen LogP contribution >= 0.6 is 0 Å². The fourth-order valence-corrected chi connectivity index (χ4v) is 2.17. The van der Waals surface area contributed by atoms with Crippen LogP contribution in [-0.4, -0.2) is 38.7 Å². The van der Waals surface area contributed by atoms with Crippen molar-refractivity contribution in [2.75, 3.05) is 12.4 Å². The molecular weight excluding hydrogens is 298 g/mol. The van der Waals surface area contributed by atoms with Crippen LogP contribution in [0.3, 0.4) is 0 Å². The smallest absolute Gasteiger partial charge is 0.314 e. The molecule has 0 aliphatic carbocycles. The minimum absolute atomic E-state index is 0.315. The van der Waals surface area contributed by atoms with E-state index in [2.05, 4.69) is 15.6 Å². The van der Waals surface area contributed by atoms with Crippen LogP contribution in [0.4, 0.5) is 5.69 Å². The number of carbonyl (C=O) groups excluding carboxylic acids is 2. The fraction of sp³-hybridized carbons (Fsp3) is 0.467. The second-order valence-electron chi connectivity index (χ2n) is 5.24. The SMILES string of the molecule is CCc1onc(C)c1NC(=O)C(=O)N(C)Cc1cnn(CC)c1. The van der Waals surface area contributed by atoms with Crippen molar-refractivity contribution < 1.29 is 14.1 Å². The maximum absolute atomic E-state index is 12.2. The number of anilines is 1. The predicted octanol–water partition coefficient (Wildman–Crippen LogP) is 1.36. The van der Waals surface area contributed by atoms with Gasteiger partial charge in [0.15, 0.2) is 5.76 Å². The zero-order valence-corrected chi connectivity index (χ0v) is 13.8. The van der Waals surface area contributed by atoms with Gasteiger partial charge in [-0.2, -0.15) is 5.10 Å². The summed E-state index contributed by atoms with van der Waals surface area (Å²) in [5.74, 6) is -0.788. The van der Waals surface area contributed by atoms with E-state index in [4.69, 9.17) is 4.52 Å². The van der Waals surface area contributed by atoms with Crippen molar-refractivity contribution in [1.29, 1.82) is 0 Å². The molecule has 124 valence electrons. The van der Waals surface area contributed by atoms with Gasteiger partial charge in [0.2, 0.25) is 0 Å². The van der Waals surface area contributed by atoms with Gasteiger partial charge >= 0.3 is 11.8 Å². The monoisotopic (exact) mass is 319 g/mol. The Morgan fingerprint density at radius 3 is 2.74 bits per heavy atom. The first kappa shape index (κ1) is 16.7. The molecule has 8 heteroatoms. The fourth-order valence-electron chi connectivity index (χ4n) is 2.17. The summed E-state index contributed by atoms with van der Waals surface area (Å²) >= 11 is 0. The number of nitrogens with one attached hydrogen (secondary N) is 1. The normalized spacial score (nSPS) is 10.6. The minimum atomic E-state index is -0.712. The molecule has 0 saturated carbocycles. The van der Waals surface area contributed by atoms with E-state index >= 15 is 0 Å². The second kappa shape index (κ2) is 7.08. The van der Waals surface area contributed by atoms with Crippen molar-refractivity contribution in [3.63, 3.8) is 0 Å². The van der Waals surface area contributed by atoms with E-state index in [-0.39, 0.29) is 0 Å². The molecule has 0 spiro atoms. The summed E-state index contributed by atoms with van der Waals surface area (Å²) in [6.45, 7) is 6.65. The van der Waals surface area contributed by atoms with E-state index in [0.29, 0.717) is 30.1 Å². The van der Waals surface area contributed by atoms with Gasteiger partial charge in [-0.15, -0.1) is 0 Å². The lowest BCUT2D eigenvalue weighted by molar-refractivity contribution is -0.142. The average Bonchev–Trinajstić information content (AvgIpc) is 3.13. The number of amides is 2. The van der Waals surface area contributed by atoms with Crippen molar-refractivity contribution in [1.82, 2.24) is 19.8 Å². The van der Waals surface area contributed by atoms with E-state index in [1.807, 2.05) is 20.0 Å². The molecule has 0 aliphatic heterocycles. The largest absolute Gasteiger partial charge is 0.359 e. The lowest BCUT2D eigenvalue weighted by Gasteiger charge is -2.15. The molecule has 23 heavy (non-hydrogen) atoms. The van der Waals surface area contributed by atoms with Crippen LogP contribution in [0.2, 0.25) is 0 Å². The zero-order chi connectivity index (χ0) is 17.0. The average molecular weight is 319 g/mol. The molecule has 0 saturated heterocycles. The zero-order valence-electron chi connectivity index (χ0n) is 13.8. The summed E-state index contributed by atoms with van der Waals surface area (Å²) < 4.78 is 6.86. The Labute approximate surface area is 134 Å². The predicted molar refractivity (Wildman–Crippen MR) is 83.6 cm³/mol. The Hall–Kier alpha value is -2.64. The van der Waals surface area contributed by atoms with Crippen LogP contribution in [0.5, 0.6) is 0 Å². The first-order chi connectivity index (χ1) is 11.0. The molecule has 2 rings (SSSR count). The van der Waals surface area contributed by atoms with Crippen LogP contribution in [0.25, 0.3) is 0 Å². The van der Waals surface area contributed by atoms with Crippen molar-refractivity contribution in [2.45, 2.75) is 40.3 Å². The Morgan fingerprint density at radius 1 is 1.39 bits per heavy atom. The third-order valence-corrected chi connectivity index (χ3v) is 3.46. The van der Waals surface area contributed by atoms with Gasteiger partial charge in [0.05, 0.1) is 6.20 Å². The molecule has 0 bridgehead atoms. The van der Waals surface area contributed by atoms with Gasteiger partial charge in [0, 0.05) is 38.3 Å². The van der Waals surface area contributed by atoms with Crippen molar-refractivity contribution in [2.24, 2.45) is 0 Å². The highest BCUT2D eigenvalue weighted by Crippen LogP contribution is 2.20. The maximum Gasteiger partial charge on any atom is 0.314 e. The number of aryl methyl sites for hydroxylation is 3. The van der Waals surface area contributed by atoms with E-state index in [0.717, 1.165) is 12.1 Å². The van der Waals surface area contributed by atoms with Gasteiger partial charge in [-0.05, 0) is 13.8 Å². The van der Waals surface area contributed by atoms with E-state index in [1.54, 1.807) is 24.9 Å². The topological polar surface area (TPSA) is 93.3 Å². The highest BCUT2D eigenvalue weighted by atomic mass is 16.5. The third-order valence-electron chi connectivity index (χ3n) is 3.46. The lowest BCUT2D eigenvalue weighted by atomic mass is 10.2. The molecule has 1 N–H and O–H groups in total. The van der Waals surface area contributed by atoms with E-state index < -0.39 is 11.8 Å². The molecule has 8 nitrogen and oxygen atoms in total. The summed E-state index contributed by atoms with van der Waals surface area (Å²) in [7, 11) is 1.58. The third kappa shape index (κ3) is 3.77. The number of nitrogens with zero attached hydrogens (tertiary/aromatic N) is 4. The lowest BCUT2D eigenvalue weighted by Crippen LogP contribution is -2.36. The van der Waals surface area contributed by atoms with Gasteiger partial charge < -0.3 is 14.7 Å². The number of hydrogen-bond donors (Lipinski definition) is 1. The highest BCUT2D eigenvalue weighted by molar-refractivity contribution is 6.39. The van der Waals surface area contributed by atoms with Gasteiger partial charge in [0.1, 0.15) is 11.4 Å². The number of likely N-dealkylation sites (N-methyl/N-ethyl adjacent to an activating group) is 1. The van der Waals surface area contributed by atoms with Gasteiger partial charge in [-0.25, -0.2) is 0 Å². The number of aromatic nitrogens is 3. The van der Waals surface area contributed by atoms with E-state index in [9.17, 15) is 9.59 Å². The van der Waals surface area contributed by atoms with Crippen molar-refractivity contribution in [3.8, 4) is 0 Å². The van der Waals surface area contributed by atoms with E-state index in [1.165, 1.54) is 4.90 Å². The molecule has 0 aliphatic rings. The molecule has 2 aromatic heterocycles. The molecule has 0 aromatic carbocycles. The first-order valence-electron chi connectivity index (χ1n) is 7.49. The van der Waals surface area contributed by atoms with Gasteiger partial charge in [0.25, 0.3) is 0 Å². The minimum Gasteiger partial charge on any atom is -0.359 e. The van der Waals surface area contributed by atoms with Crippen LogP contribution < -0.4 is 5.32 Å². The Balaban J connectivity index is 2.01. The van der Waals surface area contributed by atoms with Crippen molar-refractivity contribution in [3.05, 3.63) is 29.4 Å². The van der Waals surface area contributed by atoms with Gasteiger partial charge in [-0.1, -0.05) is 12.1 Å². The molecule has 2 amide bonds. The summed E-state index contributed by atoms with van der Waals surface area (Å²) in [5, 5.41) is 10.5. The number of rotatable bonds is 5. The van der Waals surface area contributed by atoms with Crippen molar-refractivity contribution >= 4 is 17.5 Å². The molecular formula is C15H21N5O3. The molecule has 2 aromatic rings. The van der Waals surface area contributed by atoms with Gasteiger partial charge in [-0.3, -0.25) is 14.3 Å². The molecule has 0 unspecified atom stereocenters. The van der Waals surface area contributed by atoms with Crippen LogP contribution in [0.15, 0.2) is 16.9 Å². The molecule has 2 heterocycles. The first-order valence-corrected chi connectivity index (χ1v) is 7.49. The van der Waals surface area contributed by atoms with Crippen LogP contribution in [0.1, 0.15) is 30.9 Å². The van der Waals surface area contributed by atoms with Crippen LogP contribution in [0, 0.1) is 6.92 Å². The quantitative estimate of drug-likeness (QED) is 0.840. The summed E-state index contributed by atoms with van der Waals surface area (Å²) in [6, 6.07) is 0. The summed E-state index contributed by atoms with van der Waals surface area (Å²) in [5.41, 5.74) is 1.89. The van der Waals surface area contributed by atoms with Crippen LogP contribution in [-0.2, 0) is 29.1 Å². The second-order valence-corrected chi connectivity index (χ2v) is 5.24. The maximum atomic E-state index is 12.2. The Morgan fingerprint density at radius 2 is 2.13 bits per heavy atom. The molecule has 0 radical (unpaired) electrons. The molecule has 0 fully saturated rings.